The van der Waals surface area contributed by atoms with Crippen molar-refractivity contribution in [2.45, 2.75) is 107 Å². The lowest BCUT2D eigenvalue weighted by Crippen LogP contribution is -2.32. The SMILES string of the molecule is C=CCC.CCCC[Si](Cl)(Cl)C[Si](Cl)(Cl)CCCC.Cl[SiH](Cl)C[SiH](Cl)Cl.NCCC[SiH2]C[SiH2]CCCN. The Hall–Kier alpha value is 3.28. The first-order valence-electron chi connectivity index (χ1n) is 13.6. The standard InChI is InChI=1S/C9H20Cl4Si2.C7H22N2Si2.C4H8.CH4Cl4Si2/c1-3-5-7-14(10,11)9-15(12,13)8-6-4-2;8-3-1-5-10-7-11-6-2-4-9;1-3-4-2;2-6(3)1-7(4)5/h3-9H2,1-2H3;1-11H2;3H,1,4H2,2H3;6-7H,1H2. The van der Waals surface area contributed by atoms with Gasteiger partial charge < -0.3 is 11.5 Å². The summed E-state index contributed by atoms with van der Waals surface area (Å²) in [6.07, 6.45) is 9.94. The summed E-state index contributed by atoms with van der Waals surface area (Å²) in [5.41, 5.74) is 13.9. The molecule has 0 heterocycles. The zero-order chi connectivity index (χ0) is 29.6. The number of halogens is 8. The summed E-state index contributed by atoms with van der Waals surface area (Å²) in [5.74, 6) is 0. The van der Waals surface area contributed by atoms with Gasteiger partial charge in [0, 0.05) is 19.0 Å². The van der Waals surface area contributed by atoms with Crippen molar-refractivity contribution in [3.05, 3.63) is 12.7 Å². The molecule has 37 heavy (non-hydrogen) atoms. The Morgan fingerprint density at radius 3 is 1.30 bits per heavy atom. The highest BCUT2D eigenvalue weighted by Crippen LogP contribution is 2.38. The molecule has 0 fully saturated rings. The molecule has 0 bridgehead atoms. The van der Waals surface area contributed by atoms with Crippen molar-refractivity contribution >= 4 is 136 Å². The van der Waals surface area contributed by atoms with E-state index in [0.717, 1.165) is 57.3 Å². The third-order valence-electron chi connectivity index (χ3n) is 4.86. The summed E-state index contributed by atoms with van der Waals surface area (Å²) < 4.78 is 0. The monoisotopic (exact) mass is 782 g/mol. The molecule has 0 aromatic heterocycles. The minimum atomic E-state index is -2.17. The molecule has 0 saturated carbocycles. The Morgan fingerprint density at radius 2 is 1.08 bits per heavy atom. The predicted molar refractivity (Wildman–Crippen MR) is 201 cm³/mol. The lowest BCUT2D eigenvalue weighted by molar-refractivity contribution is 0.870. The maximum absolute atomic E-state index is 6.35. The Balaban J connectivity index is -0.000000216. The van der Waals surface area contributed by atoms with Crippen molar-refractivity contribution in [2.75, 3.05) is 13.1 Å². The van der Waals surface area contributed by atoms with Gasteiger partial charge >= 0.3 is 0 Å². The second-order valence-electron chi connectivity index (χ2n) is 8.86. The molecule has 0 aliphatic carbocycles. The van der Waals surface area contributed by atoms with Gasteiger partial charge in [-0.3, -0.25) is 0 Å². The summed E-state index contributed by atoms with van der Waals surface area (Å²) in [5, 5.41) is 0. The smallest absolute Gasteiger partial charge is 0.251 e. The molecular formula is C21H54Cl8N2Si6. The van der Waals surface area contributed by atoms with Gasteiger partial charge in [0.25, 0.3) is 13.4 Å². The van der Waals surface area contributed by atoms with E-state index in [-0.39, 0.29) is 0 Å². The molecule has 228 valence electrons. The summed E-state index contributed by atoms with van der Waals surface area (Å²) >= 11 is 47.2. The normalized spacial score (nSPS) is 11.9. The summed E-state index contributed by atoms with van der Waals surface area (Å²) in [6, 6.07) is 4.80. The quantitative estimate of drug-likeness (QED) is 0.0596. The molecule has 2 nitrogen and oxygen atoms in total. The second-order valence-corrected chi connectivity index (χ2v) is 41.3. The highest BCUT2D eigenvalue weighted by atomic mass is 35.7. The molecule has 0 spiro atoms. The average molecular weight is 787 g/mol. The molecule has 0 aromatic rings. The molecule has 4 N–H and O–H groups in total. The van der Waals surface area contributed by atoms with Gasteiger partial charge in [0.05, 0.1) is 0 Å². The van der Waals surface area contributed by atoms with Crippen LogP contribution in [0.5, 0.6) is 0 Å². The minimum absolute atomic E-state index is 0.313. The molecule has 0 saturated heterocycles. The van der Waals surface area contributed by atoms with Crippen LogP contribution in [0.3, 0.4) is 0 Å². The van der Waals surface area contributed by atoms with Crippen molar-refractivity contribution in [3.63, 3.8) is 0 Å². The van der Waals surface area contributed by atoms with Crippen LogP contribution in [0, 0.1) is 0 Å². The van der Waals surface area contributed by atoms with E-state index < -0.39 is 28.2 Å². The Kier molecular flexibility index (Phi) is 45.3. The van der Waals surface area contributed by atoms with Crippen molar-refractivity contribution in [3.8, 4) is 0 Å². The van der Waals surface area contributed by atoms with Crippen LogP contribution in [0.25, 0.3) is 0 Å². The number of nitrogens with two attached hydrogens (primary N) is 2. The van der Waals surface area contributed by atoms with E-state index in [0.29, 0.717) is 30.4 Å². The topological polar surface area (TPSA) is 52.0 Å². The Labute approximate surface area is 277 Å². The van der Waals surface area contributed by atoms with Crippen LogP contribution in [0.2, 0.25) is 41.2 Å². The van der Waals surface area contributed by atoms with Crippen LogP contribution in [-0.4, -0.2) is 60.3 Å². The van der Waals surface area contributed by atoms with Crippen LogP contribution >= 0.6 is 88.6 Å². The van der Waals surface area contributed by atoms with Crippen molar-refractivity contribution in [2.24, 2.45) is 11.5 Å². The third kappa shape index (κ3) is 52.4. The number of rotatable bonds is 19. The van der Waals surface area contributed by atoms with E-state index in [9.17, 15) is 0 Å². The van der Waals surface area contributed by atoms with Crippen LogP contribution < -0.4 is 11.5 Å². The van der Waals surface area contributed by atoms with E-state index in [4.69, 9.17) is 100 Å². The molecule has 0 aromatic carbocycles. The molecule has 0 amide bonds. The molecule has 0 unspecified atom stereocenters. The van der Waals surface area contributed by atoms with Crippen molar-refractivity contribution < 1.29 is 0 Å². The van der Waals surface area contributed by atoms with E-state index >= 15 is 0 Å². The largest absolute Gasteiger partial charge is 0.330 e. The number of hydrogen-bond acceptors (Lipinski definition) is 2. The number of allylic oxidation sites excluding steroid dienone is 1. The zero-order valence-corrected chi connectivity index (χ0v) is 36.5. The lowest BCUT2D eigenvalue weighted by Gasteiger charge is -2.23. The first-order chi connectivity index (χ1) is 17.3. The van der Waals surface area contributed by atoms with Crippen LogP contribution in [0.15, 0.2) is 12.7 Å². The predicted octanol–water partition coefficient (Wildman–Crippen LogP) is 8.70. The van der Waals surface area contributed by atoms with Gasteiger partial charge in [-0.25, -0.2) is 0 Å². The van der Waals surface area contributed by atoms with E-state index in [2.05, 4.69) is 27.4 Å². The van der Waals surface area contributed by atoms with E-state index in [1.165, 1.54) is 24.9 Å². The second kappa shape index (κ2) is 35.5. The first-order valence-corrected chi connectivity index (χ1v) is 35.1. The van der Waals surface area contributed by atoms with Gasteiger partial charge in [-0.15, -0.1) is 50.9 Å². The fourth-order valence-electron chi connectivity index (χ4n) is 2.73. The van der Waals surface area contributed by atoms with Gasteiger partial charge in [-0.1, -0.05) is 70.3 Å². The van der Waals surface area contributed by atoms with Crippen LogP contribution in [0.4, 0.5) is 0 Å². The minimum Gasteiger partial charge on any atom is -0.330 e. The molecule has 0 rings (SSSR count). The average Bonchev–Trinajstić information content (AvgIpc) is 2.80. The number of hydrogen-bond donors (Lipinski definition) is 2. The van der Waals surface area contributed by atoms with Crippen LogP contribution in [-0.2, 0) is 0 Å². The van der Waals surface area contributed by atoms with Gasteiger partial charge in [0.1, 0.15) is 0 Å². The third-order valence-corrected chi connectivity index (χ3v) is 33.5. The van der Waals surface area contributed by atoms with Gasteiger partial charge in [-0.2, -0.15) is 44.3 Å². The Morgan fingerprint density at radius 1 is 0.730 bits per heavy atom. The molecule has 0 atom stereocenters. The fraction of sp³-hybridized carbons (Fsp3) is 0.905. The zero-order valence-electron chi connectivity index (χ0n) is 23.3. The molecule has 16 heteroatoms. The number of unbranched alkanes of at least 4 members (excludes halogenated alkanes) is 2. The van der Waals surface area contributed by atoms with Crippen LogP contribution in [0.1, 0.15) is 65.7 Å². The van der Waals surface area contributed by atoms with Crippen molar-refractivity contribution in [1.82, 2.24) is 0 Å². The van der Waals surface area contributed by atoms with Gasteiger partial charge in [0.15, 0.2) is 0 Å². The van der Waals surface area contributed by atoms with E-state index in [1.54, 1.807) is 5.67 Å². The first kappa shape index (κ1) is 47.2. The molecule has 0 aliphatic heterocycles. The highest BCUT2D eigenvalue weighted by molar-refractivity contribution is 7.56. The highest BCUT2D eigenvalue weighted by Gasteiger charge is 2.40. The fourth-order valence-corrected chi connectivity index (χ4v) is 37.5. The maximum Gasteiger partial charge on any atom is 0.251 e. The van der Waals surface area contributed by atoms with Crippen molar-refractivity contribution in [1.29, 1.82) is 0 Å². The summed E-state index contributed by atoms with van der Waals surface area (Å²) in [4.78, 5) is 0. The lowest BCUT2D eigenvalue weighted by atomic mass is 10.4. The van der Waals surface area contributed by atoms with Gasteiger partial charge in [-0.05, 0) is 55.8 Å². The molecule has 0 radical (unpaired) electrons. The molecular weight excluding hydrogens is 732 g/mol. The summed E-state index contributed by atoms with van der Waals surface area (Å²) in [6.45, 7) is 7.29. The Bertz CT molecular complexity index is 425. The van der Waals surface area contributed by atoms with Gasteiger partial charge in [0.2, 0.25) is 14.8 Å². The molecule has 0 aliphatic rings. The maximum atomic E-state index is 6.35. The van der Waals surface area contributed by atoms with E-state index in [1.807, 2.05) is 6.08 Å². The summed E-state index contributed by atoms with van der Waals surface area (Å²) in [7, 11) is -2.35.